The number of methoxy groups -OCH3 is 3. The number of hydrogen-bond donors (Lipinski definition) is 3. The van der Waals surface area contributed by atoms with Gasteiger partial charge in [-0.25, -0.2) is 4.79 Å². The fourth-order valence-electron chi connectivity index (χ4n) is 5.08. The zero-order chi connectivity index (χ0) is 31.4. The first kappa shape index (κ1) is 31.7. The monoisotopic (exact) mass is 598 g/mol. The molecule has 0 unspecified atom stereocenters. The predicted molar refractivity (Wildman–Crippen MR) is 153 cm³/mol. The Morgan fingerprint density at radius 2 is 1.67 bits per heavy atom. The normalized spacial score (nSPS) is 22.0. The molecule has 0 aliphatic carbocycles. The summed E-state index contributed by atoms with van der Waals surface area (Å²) in [6, 6.07) is 7.77. The van der Waals surface area contributed by atoms with E-state index in [2.05, 4.69) is 0 Å². The second-order valence-electron chi connectivity index (χ2n) is 10.1. The third kappa shape index (κ3) is 6.57. The Balaban J connectivity index is 1.80. The molecule has 3 N–H and O–H groups in total. The minimum Gasteiger partial charge on any atom is -0.496 e. The molecule has 12 heteroatoms. The Bertz CT molecular complexity index is 1590. The number of ketones is 1. The number of Topliss-reactive ketones (excluding diaryl/α,β-unsaturated/α-hetero) is 1. The van der Waals surface area contributed by atoms with E-state index >= 15 is 0 Å². The second-order valence-corrected chi connectivity index (χ2v) is 10.1. The van der Waals surface area contributed by atoms with Gasteiger partial charge in [0.1, 0.15) is 47.3 Å². The molecule has 1 aliphatic heterocycles. The number of esters is 1. The zero-order valence-electron chi connectivity index (χ0n) is 24.4. The summed E-state index contributed by atoms with van der Waals surface area (Å²) in [5, 5.41) is 31.8. The van der Waals surface area contributed by atoms with Crippen molar-refractivity contribution in [3.63, 3.8) is 0 Å². The van der Waals surface area contributed by atoms with Gasteiger partial charge in [0.05, 0.1) is 45.3 Å². The van der Waals surface area contributed by atoms with Crippen molar-refractivity contribution in [1.82, 2.24) is 0 Å². The SMILES string of the molecule is COc1ccc(/C=C/C(=O)O[C@@H]2[C@@H](O)[C@H](O)[C@@H](CO)O[C@@H]2c2c(OC)cc(C)c3c(=O)cc(CC(C)=O)oc23)cc1OC. The number of fused-ring (bicyclic) bond motifs is 1. The van der Waals surface area contributed by atoms with Gasteiger partial charge in [0.15, 0.2) is 23.0 Å². The predicted octanol–water partition coefficient (Wildman–Crippen LogP) is 2.04. The molecule has 2 heterocycles. The standard InChI is InChI=1S/C31H34O12/c1-15-10-22(40-5)26(29-25(15)19(34)13-18(41-29)11-16(2)33)30-31(28(37)27(36)23(14-32)42-30)43-24(35)9-7-17-6-8-20(38-3)21(12-17)39-4/h6-10,12-13,23,27-28,30-32,36-37H,11,14H2,1-5H3/b9-7+/t23-,27-,28+,30-,31-/m1/s1. The molecule has 0 radical (unpaired) electrons. The van der Waals surface area contributed by atoms with E-state index < -0.39 is 48.5 Å². The minimum absolute atomic E-state index is 0.00667. The van der Waals surface area contributed by atoms with Crippen LogP contribution in [0.3, 0.4) is 0 Å². The van der Waals surface area contributed by atoms with Gasteiger partial charge in [-0.1, -0.05) is 6.07 Å². The Hall–Kier alpha value is -4.23. The molecular weight excluding hydrogens is 564 g/mol. The smallest absolute Gasteiger partial charge is 0.331 e. The molecule has 43 heavy (non-hydrogen) atoms. The second kappa shape index (κ2) is 13.4. The lowest BCUT2D eigenvalue weighted by Gasteiger charge is -2.42. The van der Waals surface area contributed by atoms with Gasteiger partial charge in [-0.2, -0.15) is 0 Å². The van der Waals surface area contributed by atoms with E-state index in [1.165, 1.54) is 40.4 Å². The maximum Gasteiger partial charge on any atom is 0.331 e. The first-order valence-corrected chi connectivity index (χ1v) is 13.4. The summed E-state index contributed by atoms with van der Waals surface area (Å²) in [4.78, 5) is 38.0. The third-order valence-electron chi connectivity index (χ3n) is 7.12. The average molecular weight is 599 g/mol. The van der Waals surface area contributed by atoms with E-state index in [0.29, 0.717) is 22.6 Å². The number of rotatable bonds is 10. The maximum atomic E-state index is 13.1. The van der Waals surface area contributed by atoms with Crippen LogP contribution in [0, 0.1) is 6.92 Å². The Labute approximate surface area is 247 Å². The number of benzene rings is 2. The lowest BCUT2D eigenvalue weighted by atomic mass is 9.89. The molecule has 0 saturated carbocycles. The van der Waals surface area contributed by atoms with Gasteiger partial charge < -0.3 is 43.4 Å². The van der Waals surface area contributed by atoms with Crippen molar-refractivity contribution in [3.05, 3.63) is 69.1 Å². The summed E-state index contributed by atoms with van der Waals surface area (Å²) < 4.78 is 33.7. The fourth-order valence-corrected chi connectivity index (χ4v) is 5.08. The largest absolute Gasteiger partial charge is 0.496 e. The van der Waals surface area contributed by atoms with Crippen molar-refractivity contribution < 1.29 is 53.0 Å². The van der Waals surface area contributed by atoms with Crippen molar-refractivity contribution >= 4 is 28.8 Å². The van der Waals surface area contributed by atoms with E-state index in [1.807, 2.05) is 0 Å². The minimum atomic E-state index is -1.72. The average Bonchev–Trinajstić information content (AvgIpc) is 2.97. The van der Waals surface area contributed by atoms with Crippen molar-refractivity contribution in [2.24, 2.45) is 0 Å². The Kier molecular flexibility index (Phi) is 9.87. The van der Waals surface area contributed by atoms with Crippen LogP contribution < -0.4 is 19.6 Å². The van der Waals surface area contributed by atoms with Crippen LogP contribution in [-0.4, -0.2) is 79.4 Å². The maximum absolute atomic E-state index is 13.1. The summed E-state index contributed by atoms with van der Waals surface area (Å²) in [7, 11) is 4.34. The number of carbonyl (C=O) groups is 2. The number of carbonyl (C=O) groups excluding carboxylic acids is 2. The molecule has 12 nitrogen and oxygen atoms in total. The molecule has 0 bridgehead atoms. The quantitative estimate of drug-likeness (QED) is 0.229. The van der Waals surface area contributed by atoms with Crippen molar-refractivity contribution in [2.75, 3.05) is 27.9 Å². The third-order valence-corrected chi connectivity index (χ3v) is 7.12. The summed E-state index contributed by atoms with van der Waals surface area (Å²) in [6.07, 6.45) is -5.14. The molecule has 1 aliphatic rings. The van der Waals surface area contributed by atoms with Gasteiger partial charge in [0, 0.05) is 12.1 Å². The summed E-state index contributed by atoms with van der Waals surface area (Å²) in [6.45, 7) is 2.34. The highest BCUT2D eigenvalue weighted by Crippen LogP contribution is 2.43. The summed E-state index contributed by atoms with van der Waals surface area (Å²) in [5.74, 6) is 0.0511. The lowest BCUT2D eigenvalue weighted by Crippen LogP contribution is -2.56. The van der Waals surface area contributed by atoms with Crippen LogP contribution in [0.4, 0.5) is 0 Å². The highest BCUT2D eigenvalue weighted by molar-refractivity contribution is 5.88. The first-order chi connectivity index (χ1) is 20.5. The molecule has 0 spiro atoms. The van der Waals surface area contributed by atoms with Crippen LogP contribution in [-0.2, 0) is 25.5 Å². The highest BCUT2D eigenvalue weighted by Gasteiger charge is 2.49. The van der Waals surface area contributed by atoms with Crippen LogP contribution >= 0.6 is 0 Å². The van der Waals surface area contributed by atoms with Crippen molar-refractivity contribution in [2.45, 2.75) is 50.8 Å². The highest BCUT2D eigenvalue weighted by atomic mass is 16.6. The van der Waals surface area contributed by atoms with E-state index in [1.54, 1.807) is 31.2 Å². The molecule has 230 valence electrons. The molecule has 1 aromatic heterocycles. The van der Waals surface area contributed by atoms with Gasteiger partial charge in [0.25, 0.3) is 0 Å². The number of aliphatic hydroxyl groups excluding tert-OH is 3. The topological polar surface area (TPSA) is 171 Å². The summed E-state index contributed by atoms with van der Waals surface area (Å²) in [5.41, 5.74) is 0.739. The number of aliphatic hydroxyl groups is 3. The lowest BCUT2D eigenvalue weighted by molar-refractivity contribution is -0.239. The number of aryl methyl sites for hydroxylation is 1. The van der Waals surface area contributed by atoms with Gasteiger partial charge in [-0.3, -0.25) is 9.59 Å². The molecule has 1 saturated heterocycles. The Morgan fingerprint density at radius 1 is 0.977 bits per heavy atom. The van der Waals surface area contributed by atoms with Gasteiger partial charge in [0.2, 0.25) is 0 Å². The van der Waals surface area contributed by atoms with Gasteiger partial charge in [-0.05, 0) is 49.2 Å². The Morgan fingerprint density at radius 3 is 2.30 bits per heavy atom. The van der Waals surface area contributed by atoms with Crippen LogP contribution in [0.1, 0.15) is 35.5 Å². The van der Waals surface area contributed by atoms with Crippen LogP contribution in [0.25, 0.3) is 17.0 Å². The first-order valence-electron chi connectivity index (χ1n) is 13.4. The van der Waals surface area contributed by atoms with E-state index in [-0.39, 0.29) is 40.2 Å². The van der Waals surface area contributed by atoms with Crippen LogP contribution in [0.2, 0.25) is 0 Å². The number of ether oxygens (including phenoxy) is 5. The van der Waals surface area contributed by atoms with E-state index in [9.17, 15) is 29.7 Å². The fraction of sp³-hybridized carbons (Fsp3) is 0.387. The molecule has 0 amide bonds. The van der Waals surface area contributed by atoms with Crippen LogP contribution in [0.15, 0.2) is 45.6 Å². The van der Waals surface area contributed by atoms with Gasteiger partial charge in [-0.15, -0.1) is 0 Å². The van der Waals surface area contributed by atoms with E-state index in [0.717, 1.165) is 6.08 Å². The molecule has 5 atom stereocenters. The van der Waals surface area contributed by atoms with Crippen LogP contribution in [0.5, 0.6) is 17.2 Å². The molecular formula is C31H34O12. The van der Waals surface area contributed by atoms with Gasteiger partial charge >= 0.3 is 5.97 Å². The molecule has 1 fully saturated rings. The zero-order valence-corrected chi connectivity index (χ0v) is 24.4. The number of hydrogen-bond acceptors (Lipinski definition) is 12. The van der Waals surface area contributed by atoms with Crippen molar-refractivity contribution in [1.29, 1.82) is 0 Å². The van der Waals surface area contributed by atoms with Crippen molar-refractivity contribution in [3.8, 4) is 17.2 Å². The molecule has 4 rings (SSSR count). The summed E-state index contributed by atoms with van der Waals surface area (Å²) >= 11 is 0. The molecule has 3 aromatic rings. The van der Waals surface area contributed by atoms with E-state index in [4.69, 9.17) is 28.1 Å². The molecule has 2 aromatic carbocycles.